The van der Waals surface area contributed by atoms with Crippen molar-refractivity contribution in [3.8, 4) is 11.5 Å². The number of carbonyl (C=O) groups is 1. The third kappa shape index (κ3) is 3.81. The van der Waals surface area contributed by atoms with E-state index in [0.29, 0.717) is 37.6 Å². The van der Waals surface area contributed by atoms with Crippen molar-refractivity contribution in [2.24, 2.45) is 0 Å². The number of anilines is 1. The third-order valence-corrected chi connectivity index (χ3v) is 6.94. The van der Waals surface area contributed by atoms with E-state index in [-0.39, 0.29) is 5.91 Å². The van der Waals surface area contributed by atoms with Gasteiger partial charge in [0.1, 0.15) is 10.4 Å². The molecule has 0 bridgehead atoms. The number of aromatic nitrogens is 1. The van der Waals surface area contributed by atoms with Gasteiger partial charge >= 0.3 is 0 Å². The molecule has 7 heteroatoms. The van der Waals surface area contributed by atoms with Crippen molar-refractivity contribution < 1.29 is 9.21 Å². The number of rotatable bonds is 4. The van der Waals surface area contributed by atoms with E-state index in [4.69, 9.17) is 27.6 Å². The van der Waals surface area contributed by atoms with Gasteiger partial charge in [0.2, 0.25) is 5.89 Å². The van der Waals surface area contributed by atoms with E-state index >= 15 is 0 Å². The van der Waals surface area contributed by atoms with E-state index in [0.717, 1.165) is 22.1 Å². The molecule has 0 spiro atoms. The highest BCUT2D eigenvalue weighted by Gasteiger charge is 2.18. The summed E-state index contributed by atoms with van der Waals surface area (Å²) in [6, 6.07) is 18.9. The topological polar surface area (TPSA) is 55.1 Å². The Hall–Kier alpha value is -2.86. The van der Waals surface area contributed by atoms with Crippen molar-refractivity contribution >= 4 is 67.3 Å². The van der Waals surface area contributed by atoms with Crippen molar-refractivity contribution in [1.82, 2.24) is 4.98 Å². The van der Waals surface area contributed by atoms with Gasteiger partial charge in [-0.15, -0.1) is 11.3 Å². The summed E-state index contributed by atoms with van der Waals surface area (Å²) in [5.41, 5.74) is 4.11. The van der Waals surface area contributed by atoms with Gasteiger partial charge in [-0.05, 0) is 54.4 Å². The molecule has 2 aromatic heterocycles. The second-order valence-corrected chi connectivity index (χ2v) is 8.96. The van der Waals surface area contributed by atoms with E-state index < -0.39 is 0 Å². The number of aryl methyl sites for hydroxylation is 1. The number of thiophene rings is 1. The minimum absolute atomic E-state index is 0.277. The number of hydrogen-bond donors (Lipinski definition) is 1. The highest BCUT2D eigenvalue weighted by atomic mass is 35.5. The summed E-state index contributed by atoms with van der Waals surface area (Å²) in [5, 5.41) is 4.75. The van der Waals surface area contributed by atoms with Crippen LogP contribution < -0.4 is 5.32 Å². The number of amides is 1. The van der Waals surface area contributed by atoms with Crippen LogP contribution in [0.4, 0.5) is 5.69 Å². The molecule has 154 valence electrons. The van der Waals surface area contributed by atoms with Crippen molar-refractivity contribution in [2.75, 3.05) is 5.32 Å². The Morgan fingerprint density at radius 2 is 1.87 bits per heavy atom. The Labute approximate surface area is 192 Å². The SMILES string of the molecule is CCc1ccc(-c2nc3cc(NC(=O)c4sc5cc(Cl)ccc5c4Cl)ccc3o2)cc1. The molecule has 0 aliphatic heterocycles. The second-order valence-electron chi connectivity index (χ2n) is 7.09. The van der Waals surface area contributed by atoms with Crippen molar-refractivity contribution in [3.63, 3.8) is 0 Å². The fourth-order valence-electron chi connectivity index (χ4n) is 3.38. The summed E-state index contributed by atoms with van der Waals surface area (Å²) in [4.78, 5) is 17.9. The van der Waals surface area contributed by atoms with Crippen LogP contribution in [-0.4, -0.2) is 10.9 Å². The molecule has 0 saturated heterocycles. The first-order valence-corrected chi connectivity index (χ1v) is 11.3. The Kier molecular flexibility index (Phi) is 5.18. The maximum absolute atomic E-state index is 12.9. The maximum Gasteiger partial charge on any atom is 0.267 e. The molecule has 0 fully saturated rings. The summed E-state index contributed by atoms with van der Waals surface area (Å²) in [6.45, 7) is 2.12. The van der Waals surface area contributed by atoms with Gasteiger partial charge in [-0.3, -0.25) is 4.79 Å². The summed E-state index contributed by atoms with van der Waals surface area (Å²) < 4.78 is 6.76. The number of carbonyl (C=O) groups excluding carboxylic acids is 1. The van der Waals surface area contributed by atoms with E-state index in [9.17, 15) is 4.79 Å². The van der Waals surface area contributed by atoms with Crippen LogP contribution in [0.3, 0.4) is 0 Å². The van der Waals surface area contributed by atoms with Crippen LogP contribution in [0.15, 0.2) is 65.1 Å². The monoisotopic (exact) mass is 466 g/mol. The van der Waals surface area contributed by atoms with Crippen molar-refractivity contribution in [3.05, 3.63) is 81.1 Å². The fourth-order valence-corrected chi connectivity index (χ4v) is 5.07. The number of oxazole rings is 1. The molecule has 0 aliphatic carbocycles. The molecule has 0 radical (unpaired) electrons. The van der Waals surface area contributed by atoms with Gasteiger partial charge < -0.3 is 9.73 Å². The van der Waals surface area contributed by atoms with Crippen molar-refractivity contribution in [2.45, 2.75) is 13.3 Å². The highest BCUT2D eigenvalue weighted by molar-refractivity contribution is 7.21. The van der Waals surface area contributed by atoms with E-state index in [1.165, 1.54) is 16.9 Å². The molecule has 3 aromatic carbocycles. The molecule has 2 heterocycles. The quantitative estimate of drug-likeness (QED) is 0.293. The number of nitrogens with one attached hydrogen (secondary N) is 1. The number of nitrogens with zero attached hydrogens (tertiary/aromatic N) is 1. The Bertz CT molecular complexity index is 1440. The number of benzene rings is 3. The molecule has 5 aromatic rings. The van der Waals surface area contributed by atoms with Gasteiger partial charge in [-0.2, -0.15) is 0 Å². The molecule has 0 aliphatic rings. The summed E-state index contributed by atoms with van der Waals surface area (Å²) in [6.07, 6.45) is 0.980. The van der Waals surface area contributed by atoms with Crippen molar-refractivity contribution in [1.29, 1.82) is 0 Å². The Balaban J connectivity index is 1.43. The summed E-state index contributed by atoms with van der Waals surface area (Å²) in [7, 11) is 0. The van der Waals surface area contributed by atoms with Crippen LogP contribution >= 0.6 is 34.5 Å². The smallest absolute Gasteiger partial charge is 0.267 e. The first-order valence-electron chi connectivity index (χ1n) is 9.70. The van der Waals surface area contributed by atoms with Gasteiger partial charge in [0.05, 0.1) is 5.02 Å². The maximum atomic E-state index is 12.9. The van der Waals surface area contributed by atoms with E-state index in [2.05, 4.69) is 29.4 Å². The Morgan fingerprint density at radius 3 is 2.65 bits per heavy atom. The van der Waals surface area contributed by atoms with Crippen LogP contribution in [-0.2, 0) is 6.42 Å². The standard InChI is InChI=1S/C24H16Cl2N2O2S/c1-2-13-3-5-14(6-4-13)24-28-18-12-16(8-10-19(18)30-24)27-23(29)22-21(26)17-9-7-15(25)11-20(17)31-22/h3-12H,2H2,1H3,(H,27,29). The average Bonchev–Trinajstić information content (AvgIpc) is 3.34. The van der Waals surface area contributed by atoms with Crippen LogP contribution in [0.5, 0.6) is 0 Å². The second kappa shape index (κ2) is 8.00. The minimum Gasteiger partial charge on any atom is -0.436 e. The third-order valence-electron chi connectivity index (χ3n) is 5.05. The van der Waals surface area contributed by atoms with Gasteiger partial charge in [-0.1, -0.05) is 48.3 Å². The predicted octanol–water partition coefficient (Wildman–Crippen LogP) is 7.83. The molecular formula is C24H16Cl2N2O2S. The lowest BCUT2D eigenvalue weighted by Gasteiger charge is -2.03. The lowest BCUT2D eigenvalue weighted by molar-refractivity contribution is 0.103. The fraction of sp³-hybridized carbons (Fsp3) is 0.0833. The minimum atomic E-state index is -0.277. The molecular weight excluding hydrogens is 451 g/mol. The number of halogens is 2. The molecule has 31 heavy (non-hydrogen) atoms. The lowest BCUT2D eigenvalue weighted by atomic mass is 10.1. The Morgan fingerprint density at radius 1 is 1.06 bits per heavy atom. The average molecular weight is 467 g/mol. The van der Waals surface area contributed by atoms with Gasteiger partial charge in [-0.25, -0.2) is 4.98 Å². The zero-order valence-corrected chi connectivity index (χ0v) is 18.7. The van der Waals surface area contributed by atoms with Crippen LogP contribution in [0.2, 0.25) is 10.0 Å². The molecule has 1 amide bonds. The lowest BCUT2D eigenvalue weighted by Crippen LogP contribution is -2.10. The highest BCUT2D eigenvalue weighted by Crippen LogP contribution is 2.37. The molecule has 0 unspecified atom stereocenters. The predicted molar refractivity (Wildman–Crippen MR) is 129 cm³/mol. The molecule has 0 saturated carbocycles. The molecule has 0 atom stereocenters. The number of hydrogen-bond acceptors (Lipinski definition) is 4. The van der Waals surface area contributed by atoms with Gasteiger partial charge in [0.25, 0.3) is 5.91 Å². The molecule has 4 nitrogen and oxygen atoms in total. The summed E-state index contributed by atoms with van der Waals surface area (Å²) >= 11 is 13.8. The molecule has 1 N–H and O–H groups in total. The number of fused-ring (bicyclic) bond motifs is 2. The zero-order chi connectivity index (χ0) is 21.5. The first-order chi connectivity index (χ1) is 15.0. The van der Waals surface area contributed by atoms with Crippen LogP contribution in [0.25, 0.3) is 32.6 Å². The van der Waals surface area contributed by atoms with Crippen LogP contribution in [0.1, 0.15) is 22.2 Å². The first kappa shape index (κ1) is 20.1. The van der Waals surface area contributed by atoms with Crippen LogP contribution in [0, 0.1) is 0 Å². The van der Waals surface area contributed by atoms with E-state index in [1.54, 1.807) is 30.3 Å². The largest absolute Gasteiger partial charge is 0.436 e. The summed E-state index contributed by atoms with van der Waals surface area (Å²) in [5.74, 6) is 0.270. The van der Waals surface area contributed by atoms with Gasteiger partial charge in [0.15, 0.2) is 5.58 Å². The normalized spacial score (nSPS) is 11.3. The molecule has 5 rings (SSSR count). The zero-order valence-electron chi connectivity index (χ0n) is 16.4. The van der Waals surface area contributed by atoms with Gasteiger partial charge in [0, 0.05) is 26.4 Å². The van der Waals surface area contributed by atoms with E-state index in [1.807, 2.05) is 18.2 Å².